The Morgan fingerprint density at radius 1 is 1.32 bits per heavy atom. The van der Waals surface area contributed by atoms with E-state index in [-0.39, 0.29) is 5.91 Å². The van der Waals surface area contributed by atoms with E-state index >= 15 is 0 Å². The van der Waals surface area contributed by atoms with E-state index in [0.717, 1.165) is 31.1 Å². The highest BCUT2D eigenvalue weighted by atomic mass is 16.5. The summed E-state index contributed by atoms with van der Waals surface area (Å²) in [5, 5.41) is 10.1. The summed E-state index contributed by atoms with van der Waals surface area (Å²) in [6, 6.07) is 8.86. The van der Waals surface area contributed by atoms with Gasteiger partial charge in [0.2, 0.25) is 5.91 Å². The van der Waals surface area contributed by atoms with Gasteiger partial charge in [0.15, 0.2) is 0 Å². The molecule has 3 rings (SSSR count). The van der Waals surface area contributed by atoms with Crippen molar-refractivity contribution in [3.05, 3.63) is 24.3 Å². The smallest absolute Gasteiger partial charge is 0.221 e. The molecule has 3 N–H and O–H groups in total. The summed E-state index contributed by atoms with van der Waals surface area (Å²) in [6.45, 7) is 4.11. The molecule has 1 aliphatic heterocycles. The van der Waals surface area contributed by atoms with Crippen molar-refractivity contribution in [2.75, 3.05) is 30.4 Å². The van der Waals surface area contributed by atoms with Gasteiger partial charge >= 0.3 is 0 Å². The maximum atomic E-state index is 11.2. The Bertz CT molecular complexity index is 514. The molecule has 5 nitrogen and oxygen atoms in total. The molecule has 1 aromatic carbocycles. The fourth-order valence-electron chi connectivity index (χ4n) is 3.61. The Labute approximate surface area is 131 Å². The number of anilines is 2. The van der Waals surface area contributed by atoms with Gasteiger partial charge in [-0.05, 0) is 37.0 Å². The van der Waals surface area contributed by atoms with Crippen LogP contribution >= 0.6 is 0 Å². The lowest BCUT2D eigenvalue weighted by molar-refractivity contribution is -0.114. The van der Waals surface area contributed by atoms with Gasteiger partial charge in [-0.2, -0.15) is 0 Å². The predicted molar refractivity (Wildman–Crippen MR) is 88.1 cm³/mol. The highest BCUT2D eigenvalue weighted by molar-refractivity contribution is 5.89. The summed E-state index contributed by atoms with van der Waals surface area (Å²) in [7, 11) is 0. The Kier molecular flexibility index (Phi) is 4.95. The maximum Gasteiger partial charge on any atom is 0.221 e. The summed E-state index contributed by atoms with van der Waals surface area (Å²) in [6.07, 6.45) is 3.68. The molecule has 1 aliphatic carbocycles. The Balaban J connectivity index is 1.65. The van der Waals surface area contributed by atoms with E-state index in [4.69, 9.17) is 4.74 Å². The van der Waals surface area contributed by atoms with Crippen LogP contribution in [0.4, 0.5) is 11.4 Å². The summed E-state index contributed by atoms with van der Waals surface area (Å²) >= 11 is 0. The molecule has 0 bridgehead atoms. The zero-order valence-corrected chi connectivity index (χ0v) is 13.1. The molecule has 1 saturated heterocycles. The van der Waals surface area contributed by atoms with Crippen molar-refractivity contribution in [2.45, 2.75) is 38.3 Å². The number of rotatable bonds is 4. The van der Waals surface area contributed by atoms with Crippen molar-refractivity contribution < 1.29 is 9.53 Å². The standard InChI is InChI=1S/C17H25N3O2/c1-12(21)19-13-4-2-5-14(10-13)20-16-7-3-6-15(16)17-11-22-9-8-18-17/h2,4-5,10,15-18,20H,3,6-9,11H2,1H3,(H,19,21). The number of carbonyl (C=O) groups is 1. The summed E-state index contributed by atoms with van der Waals surface area (Å²) < 4.78 is 5.62. The van der Waals surface area contributed by atoms with Gasteiger partial charge in [0.25, 0.3) is 0 Å². The van der Waals surface area contributed by atoms with E-state index in [1.807, 2.05) is 18.2 Å². The fourth-order valence-corrected chi connectivity index (χ4v) is 3.61. The Morgan fingerprint density at radius 2 is 2.18 bits per heavy atom. The number of amides is 1. The Morgan fingerprint density at radius 3 is 2.95 bits per heavy atom. The number of ether oxygens (including phenoxy) is 1. The second-order valence-electron chi connectivity index (χ2n) is 6.24. The molecule has 0 aromatic heterocycles. The molecule has 1 heterocycles. The second-order valence-corrected chi connectivity index (χ2v) is 6.24. The van der Waals surface area contributed by atoms with E-state index in [2.05, 4.69) is 22.0 Å². The fraction of sp³-hybridized carbons (Fsp3) is 0.588. The number of nitrogens with one attached hydrogen (secondary N) is 3. The highest BCUT2D eigenvalue weighted by Gasteiger charge is 2.34. The van der Waals surface area contributed by atoms with Crippen LogP contribution in [0, 0.1) is 5.92 Å². The summed E-state index contributed by atoms with van der Waals surface area (Å²) in [5.41, 5.74) is 1.91. The van der Waals surface area contributed by atoms with Crippen LogP contribution in [0.2, 0.25) is 0 Å². The van der Waals surface area contributed by atoms with Crippen molar-refractivity contribution in [3.63, 3.8) is 0 Å². The third kappa shape index (κ3) is 3.78. The molecule has 2 fully saturated rings. The van der Waals surface area contributed by atoms with Crippen molar-refractivity contribution in [1.82, 2.24) is 5.32 Å². The second kappa shape index (κ2) is 7.11. The average molecular weight is 303 g/mol. The van der Waals surface area contributed by atoms with Gasteiger partial charge in [-0.3, -0.25) is 4.79 Å². The van der Waals surface area contributed by atoms with Crippen LogP contribution in [0.25, 0.3) is 0 Å². The molecule has 2 aliphatic rings. The van der Waals surface area contributed by atoms with Gasteiger partial charge in [0.05, 0.1) is 13.2 Å². The number of benzene rings is 1. The van der Waals surface area contributed by atoms with Crippen LogP contribution in [0.5, 0.6) is 0 Å². The van der Waals surface area contributed by atoms with Gasteiger partial charge in [-0.25, -0.2) is 0 Å². The van der Waals surface area contributed by atoms with Crippen molar-refractivity contribution in [1.29, 1.82) is 0 Å². The van der Waals surface area contributed by atoms with Crippen LogP contribution in [-0.4, -0.2) is 37.7 Å². The van der Waals surface area contributed by atoms with Gasteiger partial charge in [0, 0.05) is 36.9 Å². The van der Waals surface area contributed by atoms with Crippen LogP contribution in [0.1, 0.15) is 26.2 Å². The minimum atomic E-state index is -0.0422. The lowest BCUT2D eigenvalue weighted by Gasteiger charge is -2.33. The molecule has 22 heavy (non-hydrogen) atoms. The topological polar surface area (TPSA) is 62.4 Å². The third-order valence-corrected chi connectivity index (χ3v) is 4.57. The van der Waals surface area contributed by atoms with E-state index in [0.29, 0.717) is 18.0 Å². The average Bonchev–Trinajstić information content (AvgIpc) is 2.96. The molecule has 5 heteroatoms. The number of hydrogen-bond acceptors (Lipinski definition) is 4. The van der Waals surface area contributed by atoms with Gasteiger partial charge in [0.1, 0.15) is 0 Å². The highest BCUT2D eigenvalue weighted by Crippen LogP contribution is 2.32. The van der Waals surface area contributed by atoms with Crippen molar-refractivity contribution >= 4 is 17.3 Å². The molecule has 1 aromatic rings. The van der Waals surface area contributed by atoms with Gasteiger partial charge < -0.3 is 20.7 Å². The first-order valence-corrected chi connectivity index (χ1v) is 8.18. The summed E-state index contributed by atoms with van der Waals surface area (Å²) in [5.74, 6) is 0.559. The zero-order valence-electron chi connectivity index (χ0n) is 13.1. The first kappa shape index (κ1) is 15.3. The van der Waals surface area contributed by atoms with E-state index in [1.165, 1.54) is 26.2 Å². The molecule has 1 saturated carbocycles. The van der Waals surface area contributed by atoms with E-state index in [9.17, 15) is 4.79 Å². The van der Waals surface area contributed by atoms with Crippen molar-refractivity contribution in [3.8, 4) is 0 Å². The molecule has 0 spiro atoms. The molecule has 3 unspecified atom stereocenters. The monoisotopic (exact) mass is 303 g/mol. The molecule has 3 atom stereocenters. The normalized spacial score (nSPS) is 28.3. The van der Waals surface area contributed by atoms with E-state index < -0.39 is 0 Å². The molecular weight excluding hydrogens is 278 g/mol. The van der Waals surface area contributed by atoms with E-state index in [1.54, 1.807) is 0 Å². The first-order valence-electron chi connectivity index (χ1n) is 8.18. The van der Waals surface area contributed by atoms with Crippen molar-refractivity contribution in [2.24, 2.45) is 5.92 Å². The molecular formula is C17H25N3O2. The first-order chi connectivity index (χ1) is 10.7. The summed E-state index contributed by atoms with van der Waals surface area (Å²) in [4.78, 5) is 11.2. The quantitative estimate of drug-likeness (QED) is 0.798. The van der Waals surface area contributed by atoms with Crippen LogP contribution in [-0.2, 0) is 9.53 Å². The number of carbonyl (C=O) groups excluding carboxylic acids is 1. The minimum absolute atomic E-state index is 0.0422. The molecule has 120 valence electrons. The Hall–Kier alpha value is -1.59. The van der Waals surface area contributed by atoms with Crippen LogP contribution in [0.3, 0.4) is 0 Å². The largest absolute Gasteiger partial charge is 0.382 e. The van der Waals surface area contributed by atoms with Gasteiger partial charge in [-0.15, -0.1) is 0 Å². The third-order valence-electron chi connectivity index (χ3n) is 4.57. The van der Waals surface area contributed by atoms with Crippen LogP contribution < -0.4 is 16.0 Å². The SMILES string of the molecule is CC(=O)Nc1cccc(NC2CCCC2C2COCCN2)c1. The maximum absolute atomic E-state index is 11.2. The predicted octanol–water partition coefficient (Wildman–Crippen LogP) is 2.21. The lowest BCUT2D eigenvalue weighted by Crippen LogP contribution is -2.49. The molecule has 1 amide bonds. The zero-order chi connectivity index (χ0) is 15.4. The number of morpholine rings is 1. The lowest BCUT2D eigenvalue weighted by atomic mass is 9.94. The minimum Gasteiger partial charge on any atom is -0.382 e. The molecule has 0 radical (unpaired) electrons. The van der Waals surface area contributed by atoms with Gasteiger partial charge in [-0.1, -0.05) is 12.5 Å². The number of hydrogen-bond donors (Lipinski definition) is 3. The van der Waals surface area contributed by atoms with Crippen LogP contribution in [0.15, 0.2) is 24.3 Å².